The highest BCUT2D eigenvalue weighted by Crippen LogP contribution is 2.16. The maximum absolute atomic E-state index is 11.8. The first-order valence-electron chi connectivity index (χ1n) is 5.96. The molecular formula is C11H18F3NO3. The minimum atomic E-state index is -4.39. The SMILES string of the molecule is CCOC1CCCN(C(=O)COCC(F)(F)F)C1. The van der Waals surface area contributed by atoms with Gasteiger partial charge in [-0.25, -0.2) is 0 Å². The molecule has 0 saturated carbocycles. The minimum absolute atomic E-state index is 0.0182. The van der Waals surface area contributed by atoms with Gasteiger partial charge < -0.3 is 14.4 Å². The summed E-state index contributed by atoms with van der Waals surface area (Å²) >= 11 is 0. The van der Waals surface area contributed by atoms with E-state index in [-0.39, 0.29) is 6.10 Å². The van der Waals surface area contributed by atoms with Crippen molar-refractivity contribution in [1.82, 2.24) is 4.90 Å². The van der Waals surface area contributed by atoms with Crippen LogP contribution in [-0.4, -0.2) is 56.0 Å². The highest BCUT2D eigenvalue weighted by molar-refractivity contribution is 5.77. The van der Waals surface area contributed by atoms with Gasteiger partial charge in [0, 0.05) is 19.7 Å². The molecule has 106 valence electrons. The van der Waals surface area contributed by atoms with Crippen molar-refractivity contribution >= 4 is 5.91 Å². The fourth-order valence-corrected chi connectivity index (χ4v) is 1.88. The maximum atomic E-state index is 11.8. The number of hydrogen-bond acceptors (Lipinski definition) is 3. The molecule has 1 heterocycles. The van der Waals surface area contributed by atoms with Crippen molar-refractivity contribution in [2.24, 2.45) is 0 Å². The third-order valence-electron chi connectivity index (χ3n) is 2.62. The van der Waals surface area contributed by atoms with Gasteiger partial charge in [0.25, 0.3) is 0 Å². The Bertz CT molecular complexity index is 269. The van der Waals surface area contributed by atoms with Crippen molar-refractivity contribution in [2.45, 2.75) is 32.0 Å². The first kappa shape index (κ1) is 15.2. The van der Waals surface area contributed by atoms with Gasteiger partial charge in [0.05, 0.1) is 6.10 Å². The lowest BCUT2D eigenvalue weighted by Crippen LogP contribution is -2.45. The molecule has 7 heteroatoms. The molecule has 0 aromatic carbocycles. The molecule has 0 aromatic heterocycles. The molecule has 1 atom stereocenters. The van der Waals surface area contributed by atoms with Crippen LogP contribution in [0.1, 0.15) is 19.8 Å². The topological polar surface area (TPSA) is 38.8 Å². The van der Waals surface area contributed by atoms with Crippen molar-refractivity contribution in [3.63, 3.8) is 0 Å². The Morgan fingerprint density at radius 1 is 1.44 bits per heavy atom. The van der Waals surface area contributed by atoms with E-state index < -0.39 is 25.3 Å². The van der Waals surface area contributed by atoms with Crippen LogP contribution in [0.3, 0.4) is 0 Å². The van der Waals surface area contributed by atoms with Crippen LogP contribution in [-0.2, 0) is 14.3 Å². The predicted molar refractivity (Wildman–Crippen MR) is 58.1 cm³/mol. The normalized spacial score (nSPS) is 21.1. The van der Waals surface area contributed by atoms with E-state index in [2.05, 4.69) is 4.74 Å². The number of amides is 1. The molecule has 0 aromatic rings. The van der Waals surface area contributed by atoms with Crippen molar-refractivity contribution in [3.8, 4) is 0 Å². The zero-order valence-corrected chi connectivity index (χ0v) is 10.3. The summed E-state index contributed by atoms with van der Waals surface area (Å²) in [5, 5.41) is 0. The Morgan fingerprint density at radius 3 is 2.78 bits per heavy atom. The molecular weight excluding hydrogens is 251 g/mol. The van der Waals surface area contributed by atoms with Gasteiger partial charge in [-0.15, -0.1) is 0 Å². The van der Waals surface area contributed by atoms with E-state index in [1.807, 2.05) is 6.92 Å². The third-order valence-corrected chi connectivity index (χ3v) is 2.62. The molecule has 1 rings (SSSR count). The van der Waals surface area contributed by atoms with E-state index in [9.17, 15) is 18.0 Å². The van der Waals surface area contributed by atoms with Crippen LogP contribution in [0.4, 0.5) is 13.2 Å². The Labute approximate surface area is 104 Å². The molecule has 1 saturated heterocycles. The molecule has 0 bridgehead atoms. The van der Waals surface area contributed by atoms with Crippen LogP contribution in [0.5, 0.6) is 0 Å². The van der Waals surface area contributed by atoms with Gasteiger partial charge in [-0.05, 0) is 19.8 Å². The second-order valence-electron chi connectivity index (χ2n) is 4.17. The maximum Gasteiger partial charge on any atom is 0.411 e. The summed E-state index contributed by atoms with van der Waals surface area (Å²) in [6.07, 6.45) is -2.73. The van der Waals surface area contributed by atoms with Crippen molar-refractivity contribution in [3.05, 3.63) is 0 Å². The highest BCUT2D eigenvalue weighted by atomic mass is 19.4. The number of piperidine rings is 1. The number of carbonyl (C=O) groups is 1. The molecule has 1 aliphatic heterocycles. The second kappa shape index (κ2) is 6.94. The molecule has 1 aliphatic rings. The summed E-state index contributed by atoms with van der Waals surface area (Å²) in [5.41, 5.74) is 0. The van der Waals surface area contributed by atoms with Crippen LogP contribution in [0.2, 0.25) is 0 Å². The number of halogens is 3. The zero-order valence-electron chi connectivity index (χ0n) is 10.3. The molecule has 1 unspecified atom stereocenters. The van der Waals surface area contributed by atoms with E-state index in [1.165, 1.54) is 4.90 Å². The molecule has 4 nitrogen and oxygen atoms in total. The number of ether oxygens (including phenoxy) is 2. The van der Waals surface area contributed by atoms with Gasteiger partial charge >= 0.3 is 6.18 Å². The van der Waals surface area contributed by atoms with E-state index in [0.717, 1.165) is 12.8 Å². The van der Waals surface area contributed by atoms with Gasteiger partial charge in [-0.1, -0.05) is 0 Å². The lowest BCUT2D eigenvalue weighted by atomic mass is 10.1. The smallest absolute Gasteiger partial charge is 0.377 e. The van der Waals surface area contributed by atoms with E-state index in [1.54, 1.807) is 0 Å². The first-order valence-corrected chi connectivity index (χ1v) is 5.96. The van der Waals surface area contributed by atoms with Crippen molar-refractivity contribution in [1.29, 1.82) is 0 Å². The predicted octanol–water partition coefficient (Wildman–Crippen LogP) is 1.59. The van der Waals surface area contributed by atoms with Crippen LogP contribution in [0.15, 0.2) is 0 Å². The van der Waals surface area contributed by atoms with E-state index in [0.29, 0.717) is 19.7 Å². The molecule has 0 spiro atoms. The van der Waals surface area contributed by atoms with Crippen LogP contribution in [0.25, 0.3) is 0 Å². The summed E-state index contributed by atoms with van der Waals surface area (Å²) < 4.78 is 45.3. The lowest BCUT2D eigenvalue weighted by molar-refractivity contribution is -0.178. The molecule has 0 aliphatic carbocycles. The average Bonchev–Trinajstić information content (AvgIpc) is 2.28. The molecule has 1 amide bonds. The summed E-state index contributed by atoms with van der Waals surface area (Å²) in [5.74, 6) is -0.413. The van der Waals surface area contributed by atoms with Gasteiger partial charge in [0.1, 0.15) is 13.2 Å². The number of alkyl halides is 3. The fraction of sp³-hybridized carbons (Fsp3) is 0.909. The summed E-state index contributed by atoms with van der Waals surface area (Å²) in [7, 11) is 0. The number of nitrogens with zero attached hydrogens (tertiary/aromatic N) is 1. The number of rotatable bonds is 5. The minimum Gasteiger partial charge on any atom is -0.377 e. The Morgan fingerprint density at radius 2 is 2.17 bits per heavy atom. The number of likely N-dealkylation sites (tertiary alicyclic amines) is 1. The molecule has 0 N–H and O–H groups in total. The van der Waals surface area contributed by atoms with Crippen LogP contribution in [0, 0.1) is 0 Å². The van der Waals surface area contributed by atoms with Crippen molar-refractivity contribution < 1.29 is 27.4 Å². The third kappa shape index (κ3) is 5.68. The second-order valence-corrected chi connectivity index (χ2v) is 4.17. The Kier molecular flexibility index (Phi) is 5.87. The zero-order chi connectivity index (χ0) is 13.6. The molecule has 0 radical (unpaired) electrons. The van der Waals surface area contributed by atoms with E-state index >= 15 is 0 Å². The number of carbonyl (C=O) groups excluding carboxylic acids is 1. The number of hydrogen-bond donors (Lipinski definition) is 0. The van der Waals surface area contributed by atoms with Gasteiger partial charge in [0.2, 0.25) is 5.91 Å². The highest BCUT2D eigenvalue weighted by Gasteiger charge is 2.29. The van der Waals surface area contributed by atoms with Gasteiger partial charge in [-0.3, -0.25) is 4.79 Å². The van der Waals surface area contributed by atoms with E-state index in [4.69, 9.17) is 4.74 Å². The van der Waals surface area contributed by atoms with Crippen LogP contribution < -0.4 is 0 Å². The standard InChI is InChI=1S/C11H18F3NO3/c1-2-18-9-4-3-5-15(6-9)10(16)7-17-8-11(12,13)14/h9H,2-8H2,1H3. The molecule has 18 heavy (non-hydrogen) atoms. The molecule has 1 fully saturated rings. The summed E-state index contributed by atoms with van der Waals surface area (Å²) in [6.45, 7) is 1.50. The quantitative estimate of drug-likeness (QED) is 0.761. The van der Waals surface area contributed by atoms with Crippen molar-refractivity contribution in [2.75, 3.05) is 32.9 Å². The lowest BCUT2D eigenvalue weighted by Gasteiger charge is -2.32. The Hall–Kier alpha value is -0.820. The Balaban J connectivity index is 2.28. The average molecular weight is 269 g/mol. The van der Waals surface area contributed by atoms with Gasteiger partial charge in [-0.2, -0.15) is 13.2 Å². The monoisotopic (exact) mass is 269 g/mol. The van der Waals surface area contributed by atoms with Crippen LogP contribution >= 0.6 is 0 Å². The summed E-state index contributed by atoms with van der Waals surface area (Å²) in [6, 6.07) is 0. The summed E-state index contributed by atoms with van der Waals surface area (Å²) in [4.78, 5) is 13.1. The van der Waals surface area contributed by atoms with Gasteiger partial charge in [0.15, 0.2) is 0 Å². The largest absolute Gasteiger partial charge is 0.411 e. The fourth-order valence-electron chi connectivity index (χ4n) is 1.88. The first-order chi connectivity index (χ1) is 8.42.